The first-order chi connectivity index (χ1) is 12.5. The van der Waals surface area contributed by atoms with Crippen LogP contribution in [0.2, 0.25) is 0 Å². The lowest BCUT2D eigenvalue weighted by Gasteiger charge is -2.21. The van der Waals surface area contributed by atoms with Crippen LogP contribution in [-0.4, -0.2) is 31.0 Å². The van der Waals surface area contributed by atoms with E-state index in [1.807, 2.05) is 31.2 Å². The summed E-state index contributed by atoms with van der Waals surface area (Å²) in [4.78, 5) is 0. The third-order valence-electron chi connectivity index (χ3n) is 4.53. The molecule has 2 aromatic carbocycles. The highest BCUT2D eigenvalue weighted by molar-refractivity contribution is 5.43. The smallest absolute Gasteiger partial charge is 0.161 e. The second-order valence-corrected chi connectivity index (χ2v) is 7.09. The minimum Gasteiger partial charge on any atom is -0.493 e. The number of aliphatic hydroxyl groups excluding tert-OH is 1. The maximum Gasteiger partial charge on any atom is 0.161 e. The predicted octanol–water partition coefficient (Wildman–Crippen LogP) is 3.74. The van der Waals surface area contributed by atoms with Crippen LogP contribution in [0.1, 0.15) is 37.3 Å². The SMILES string of the molecule is COc1cc(CC[C@@](C)(N)CO)ccc1OCCCCc1ccccc1. The van der Waals surface area contributed by atoms with Crippen LogP contribution in [-0.2, 0) is 12.8 Å². The third-order valence-corrected chi connectivity index (χ3v) is 4.53. The minimum atomic E-state index is -0.554. The van der Waals surface area contributed by atoms with Crippen molar-refractivity contribution in [1.82, 2.24) is 0 Å². The number of benzene rings is 2. The van der Waals surface area contributed by atoms with Gasteiger partial charge in [-0.3, -0.25) is 0 Å². The molecule has 0 saturated heterocycles. The van der Waals surface area contributed by atoms with E-state index in [-0.39, 0.29) is 6.61 Å². The largest absolute Gasteiger partial charge is 0.493 e. The Morgan fingerprint density at radius 1 is 0.962 bits per heavy atom. The number of aryl methyl sites for hydroxylation is 2. The molecule has 26 heavy (non-hydrogen) atoms. The van der Waals surface area contributed by atoms with E-state index >= 15 is 0 Å². The van der Waals surface area contributed by atoms with E-state index in [4.69, 9.17) is 15.2 Å². The van der Waals surface area contributed by atoms with Gasteiger partial charge in [0.15, 0.2) is 11.5 Å². The van der Waals surface area contributed by atoms with E-state index in [1.165, 1.54) is 5.56 Å². The van der Waals surface area contributed by atoms with Gasteiger partial charge < -0.3 is 20.3 Å². The number of ether oxygens (including phenoxy) is 2. The van der Waals surface area contributed by atoms with Gasteiger partial charge in [0.2, 0.25) is 0 Å². The molecule has 3 N–H and O–H groups in total. The van der Waals surface area contributed by atoms with Gasteiger partial charge in [0.1, 0.15) is 0 Å². The molecular weight excluding hydrogens is 326 g/mol. The average Bonchev–Trinajstić information content (AvgIpc) is 2.67. The van der Waals surface area contributed by atoms with Crippen LogP contribution in [0.15, 0.2) is 48.5 Å². The number of hydrogen-bond acceptors (Lipinski definition) is 4. The van der Waals surface area contributed by atoms with Crippen molar-refractivity contribution in [2.45, 2.75) is 44.6 Å². The molecule has 0 aliphatic heterocycles. The monoisotopic (exact) mass is 357 g/mol. The van der Waals surface area contributed by atoms with E-state index in [2.05, 4.69) is 24.3 Å². The zero-order valence-electron chi connectivity index (χ0n) is 15.9. The molecule has 0 spiro atoms. The van der Waals surface area contributed by atoms with Crippen molar-refractivity contribution in [2.75, 3.05) is 20.3 Å². The molecule has 0 aliphatic rings. The van der Waals surface area contributed by atoms with Crippen molar-refractivity contribution in [1.29, 1.82) is 0 Å². The third kappa shape index (κ3) is 6.70. The Morgan fingerprint density at radius 3 is 2.42 bits per heavy atom. The molecular formula is C22H31NO3. The van der Waals surface area contributed by atoms with E-state index < -0.39 is 5.54 Å². The summed E-state index contributed by atoms with van der Waals surface area (Å²) in [6, 6.07) is 16.5. The van der Waals surface area contributed by atoms with Crippen LogP contribution in [0.3, 0.4) is 0 Å². The highest BCUT2D eigenvalue weighted by Gasteiger charge is 2.17. The summed E-state index contributed by atoms with van der Waals surface area (Å²) in [5.74, 6) is 1.52. The molecule has 0 aliphatic carbocycles. The molecule has 0 bridgehead atoms. The fourth-order valence-electron chi connectivity index (χ4n) is 2.75. The van der Waals surface area contributed by atoms with Gasteiger partial charge in [-0.05, 0) is 62.3 Å². The zero-order chi connectivity index (χ0) is 18.8. The molecule has 4 heteroatoms. The standard InChI is InChI=1S/C22H31NO3/c1-22(23,17-24)14-13-19-11-12-20(21(16-19)25-2)26-15-7-6-10-18-8-4-3-5-9-18/h3-5,8-9,11-12,16,24H,6-7,10,13-15,17,23H2,1-2H3/t22-/m1/s1. The fourth-order valence-corrected chi connectivity index (χ4v) is 2.75. The van der Waals surface area contributed by atoms with Crippen LogP contribution in [0, 0.1) is 0 Å². The quantitative estimate of drug-likeness (QED) is 0.601. The van der Waals surface area contributed by atoms with Crippen LogP contribution in [0.4, 0.5) is 0 Å². The number of rotatable bonds is 11. The van der Waals surface area contributed by atoms with Crippen LogP contribution in [0.5, 0.6) is 11.5 Å². The first kappa shape index (κ1) is 20.3. The lowest BCUT2D eigenvalue weighted by molar-refractivity contribution is 0.200. The van der Waals surface area contributed by atoms with Gasteiger partial charge in [0.05, 0.1) is 20.3 Å². The zero-order valence-corrected chi connectivity index (χ0v) is 15.9. The summed E-state index contributed by atoms with van der Waals surface area (Å²) in [6.45, 7) is 2.51. The Morgan fingerprint density at radius 2 is 1.73 bits per heavy atom. The van der Waals surface area contributed by atoms with Gasteiger partial charge in [-0.2, -0.15) is 0 Å². The second kappa shape index (κ2) is 10.2. The van der Waals surface area contributed by atoms with Gasteiger partial charge in [-0.15, -0.1) is 0 Å². The van der Waals surface area contributed by atoms with Crippen molar-refractivity contribution < 1.29 is 14.6 Å². The lowest BCUT2D eigenvalue weighted by atomic mass is 9.95. The van der Waals surface area contributed by atoms with Crippen molar-refractivity contribution >= 4 is 0 Å². The number of unbranched alkanes of at least 4 members (excludes halogenated alkanes) is 1. The van der Waals surface area contributed by atoms with Gasteiger partial charge >= 0.3 is 0 Å². The van der Waals surface area contributed by atoms with Gasteiger partial charge in [0.25, 0.3) is 0 Å². The van der Waals surface area contributed by atoms with Crippen LogP contribution < -0.4 is 15.2 Å². The summed E-state index contributed by atoms with van der Waals surface area (Å²) >= 11 is 0. The average molecular weight is 357 g/mol. The molecule has 0 unspecified atom stereocenters. The molecule has 0 amide bonds. The second-order valence-electron chi connectivity index (χ2n) is 7.09. The summed E-state index contributed by atoms with van der Waals surface area (Å²) < 4.78 is 11.4. The minimum absolute atomic E-state index is 0.0195. The molecule has 1 atom stereocenters. The maximum atomic E-state index is 9.26. The molecule has 2 aromatic rings. The fraction of sp³-hybridized carbons (Fsp3) is 0.455. The molecule has 0 fully saturated rings. The first-order valence-electron chi connectivity index (χ1n) is 9.27. The van der Waals surface area contributed by atoms with E-state index in [1.54, 1.807) is 7.11 Å². The van der Waals surface area contributed by atoms with E-state index in [0.717, 1.165) is 42.7 Å². The van der Waals surface area contributed by atoms with Gasteiger partial charge in [-0.1, -0.05) is 36.4 Å². The molecule has 4 nitrogen and oxygen atoms in total. The summed E-state index contributed by atoms with van der Waals surface area (Å²) in [7, 11) is 1.65. The Labute approximate surface area is 156 Å². The number of aliphatic hydroxyl groups is 1. The van der Waals surface area contributed by atoms with E-state index in [0.29, 0.717) is 13.0 Å². The van der Waals surface area contributed by atoms with Crippen molar-refractivity contribution in [2.24, 2.45) is 5.73 Å². The Balaban J connectivity index is 1.79. The predicted molar refractivity (Wildman–Crippen MR) is 106 cm³/mol. The van der Waals surface area contributed by atoms with Crippen LogP contribution >= 0.6 is 0 Å². The Bertz CT molecular complexity index is 656. The highest BCUT2D eigenvalue weighted by atomic mass is 16.5. The number of hydrogen-bond donors (Lipinski definition) is 2. The summed E-state index contributed by atoms with van der Waals surface area (Å²) in [5.41, 5.74) is 7.93. The molecule has 0 saturated carbocycles. The summed E-state index contributed by atoms with van der Waals surface area (Å²) in [6.07, 6.45) is 4.68. The molecule has 0 aromatic heterocycles. The van der Waals surface area contributed by atoms with Crippen LogP contribution in [0.25, 0.3) is 0 Å². The Hall–Kier alpha value is -2.04. The van der Waals surface area contributed by atoms with Crippen molar-refractivity contribution in [3.63, 3.8) is 0 Å². The highest BCUT2D eigenvalue weighted by Crippen LogP contribution is 2.29. The first-order valence-corrected chi connectivity index (χ1v) is 9.27. The number of methoxy groups -OCH3 is 1. The molecule has 142 valence electrons. The maximum absolute atomic E-state index is 9.26. The Kier molecular flexibility index (Phi) is 7.95. The van der Waals surface area contributed by atoms with Gasteiger partial charge in [0, 0.05) is 5.54 Å². The molecule has 0 heterocycles. The van der Waals surface area contributed by atoms with Crippen molar-refractivity contribution in [3.8, 4) is 11.5 Å². The molecule has 0 radical (unpaired) electrons. The lowest BCUT2D eigenvalue weighted by Crippen LogP contribution is -2.40. The normalized spacial score (nSPS) is 13.2. The molecule has 2 rings (SSSR count). The summed E-state index contributed by atoms with van der Waals surface area (Å²) in [5, 5.41) is 9.26. The number of nitrogens with two attached hydrogens (primary N) is 1. The van der Waals surface area contributed by atoms with Gasteiger partial charge in [-0.25, -0.2) is 0 Å². The van der Waals surface area contributed by atoms with E-state index in [9.17, 15) is 5.11 Å². The van der Waals surface area contributed by atoms with Crippen molar-refractivity contribution in [3.05, 3.63) is 59.7 Å². The topological polar surface area (TPSA) is 64.7 Å².